The Bertz CT molecular complexity index is 175. The maximum atomic E-state index is 9.79. The standard InChI is InChI=1S/C11H24N2O/c1-9(12)10-6-4-5-7-13(10)8-11(2,3)14/h9-10,14H,4-8,12H2,1-3H3. The Hall–Kier alpha value is -0.120. The molecule has 0 spiro atoms. The fraction of sp³-hybridized carbons (Fsp3) is 1.00. The predicted molar refractivity (Wildman–Crippen MR) is 59.2 cm³/mol. The van der Waals surface area contributed by atoms with Crippen molar-refractivity contribution >= 4 is 0 Å². The van der Waals surface area contributed by atoms with E-state index in [0.29, 0.717) is 6.04 Å². The number of nitrogens with two attached hydrogens (primary N) is 1. The Balaban J connectivity index is 2.54. The van der Waals surface area contributed by atoms with Crippen molar-refractivity contribution in [2.45, 2.75) is 57.7 Å². The summed E-state index contributed by atoms with van der Waals surface area (Å²) in [6.07, 6.45) is 3.68. The monoisotopic (exact) mass is 200 g/mol. The average molecular weight is 200 g/mol. The molecule has 1 aliphatic heterocycles. The van der Waals surface area contributed by atoms with E-state index in [9.17, 15) is 5.11 Å². The SMILES string of the molecule is CC(N)C1CCCCN1CC(C)(C)O. The number of β-amino-alcohol motifs (C(OH)–C–C–N with tert-alkyl or cyclic N) is 1. The van der Waals surface area contributed by atoms with Crippen molar-refractivity contribution in [2.75, 3.05) is 13.1 Å². The van der Waals surface area contributed by atoms with E-state index in [2.05, 4.69) is 11.8 Å². The van der Waals surface area contributed by atoms with Crippen LogP contribution in [0.5, 0.6) is 0 Å². The van der Waals surface area contributed by atoms with E-state index in [1.807, 2.05) is 13.8 Å². The summed E-state index contributed by atoms with van der Waals surface area (Å²) in [7, 11) is 0. The molecule has 1 heterocycles. The van der Waals surface area contributed by atoms with Crippen LogP contribution in [0.15, 0.2) is 0 Å². The van der Waals surface area contributed by atoms with Crippen LogP contribution in [0.1, 0.15) is 40.0 Å². The zero-order chi connectivity index (χ0) is 10.8. The topological polar surface area (TPSA) is 49.5 Å². The van der Waals surface area contributed by atoms with E-state index in [-0.39, 0.29) is 6.04 Å². The molecule has 1 aliphatic rings. The zero-order valence-corrected chi connectivity index (χ0v) is 9.66. The molecular formula is C11H24N2O. The Morgan fingerprint density at radius 1 is 1.50 bits per heavy atom. The van der Waals surface area contributed by atoms with E-state index in [1.54, 1.807) is 0 Å². The third-order valence-electron chi connectivity index (χ3n) is 2.86. The Labute approximate surface area is 87.3 Å². The smallest absolute Gasteiger partial charge is 0.0718 e. The molecule has 1 saturated heterocycles. The second-order valence-electron chi connectivity index (χ2n) is 5.21. The highest BCUT2D eigenvalue weighted by Gasteiger charge is 2.28. The van der Waals surface area contributed by atoms with Gasteiger partial charge in [-0.05, 0) is 40.2 Å². The minimum Gasteiger partial charge on any atom is -0.389 e. The third kappa shape index (κ3) is 3.56. The molecule has 0 amide bonds. The number of aliphatic hydroxyl groups is 1. The molecule has 0 radical (unpaired) electrons. The van der Waals surface area contributed by atoms with E-state index in [0.717, 1.165) is 13.1 Å². The van der Waals surface area contributed by atoms with Gasteiger partial charge in [-0.25, -0.2) is 0 Å². The molecule has 0 aromatic carbocycles. The lowest BCUT2D eigenvalue weighted by molar-refractivity contribution is 0.00585. The largest absolute Gasteiger partial charge is 0.389 e. The minimum absolute atomic E-state index is 0.206. The number of nitrogens with zero attached hydrogens (tertiary/aromatic N) is 1. The van der Waals surface area contributed by atoms with Crippen LogP contribution in [0.25, 0.3) is 0 Å². The summed E-state index contributed by atoms with van der Waals surface area (Å²) in [5.74, 6) is 0. The van der Waals surface area contributed by atoms with Crippen molar-refractivity contribution in [3.63, 3.8) is 0 Å². The van der Waals surface area contributed by atoms with Gasteiger partial charge in [-0.15, -0.1) is 0 Å². The maximum Gasteiger partial charge on any atom is 0.0718 e. The van der Waals surface area contributed by atoms with Crippen molar-refractivity contribution in [3.8, 4) is 0 Å². The van der Waals surface area contributed by atoms with Crippen LogP contribution >= 0.6 is 0 Å². The van der Waals surface area contributed by atoms with Gasteiger partial charge in [-0.3, -0.25) is 4.90 Å². The van der Waals surface area contributed by atoms with Gasteiger partial charge in [-0.1, -0.05) is 6.42 Å². The summed E-state index contributed by atoms with van der Waals surface area (Å²) in [4.78, 5) is 2.34. The number of rotatable bonds is 3. The van der Waals surface area contributed by atoms with E-state index in [1.165, 1.54) is 19.3 Å². The molecular weight excluding hydrogens is 176 g/mol. The first-order valence-corrected chi connectivity index (χ1v) is 5.62. The summed E-state index contributed by atoms with van der Waals surface area (Å²) < 4.78 is 0. The van der Waals surface area contributed by atoms with Crippen LogP contribution in [0.4, 0.5) is 0 Å². The number of hydrogen-bond donors (Lipinski definition) is 2. The van der Waals surface area contributed by atoms with Gasteiger partial charge in [0.2, 0.25) is 0 Å². The van der Waals surface area contributed by atoms with E-state index < -0.39 is 5.60 Å². The summed E-state index contributed by atoms with van der Waals surface area (Å²) in [5.41, 5.74) is 5.35. The molecule has 2 atom stereocenters. The Morgan fingerprint density at radius 3 is 2.64 bits per heavy atom. The molecule has 1 fully saturated rings. The highest BCUT2D eigenvalue weighted by molar-refractivity contribution is 4.86. The summed E-state index contributed by atoms with van der Waals surface area (Å²) >= 11 is 0. The molecule has 0 saturated carbocycles. The lowest BCUT2D eigenvalue weighted by Gasteiger charge is -2.40. The molecule has 2 unspecified atom stereocenters. The van der Waals surface area contributed by atoms with Gasteiger partial charge in [0.05, 0.1) is 5.60 Å². The quantitative estimate of drug-likeness (QED) is 0.713. The maximum absolute atomic E-state index is 9.79. The number of piperidine rings is 1. The second-order valence-corrected chi connectivity index (χ2v) is 5.21. The first-order valence-electron chi connectivity index (χ1n) is 5.62. The van der Waals surface area contributed by atoms with Gasteiger partial charge >= 0.3 is 0 Å². The van der Waals surface area contributed by atoms with Crippen LogP contribution in [-0.4, -0.2) is 40.8 Å². The Kier molecular flexibility index (Phi) is 3.93. The van der Waals surface area contributed by atoms with E-state index in [4.69, 9.17) is 5.73 Å². The van der Waals surface area contributed by atoms with Gasteiger partial charge in [0, 0.05) is 18.6 Å². The number of likely N-dealkylation sites (tertiary alicyclic amines) is 1. The second kappa shape index (κ2) is 4.60. The molecule has 3 nitrogen and oxygen atoms in total. The van der Waals surface area contributed by atoms with Crippen molar-refractivity contribution in [1.29, 1.82) is 0 Å². The van der Waals surface area contributed by atoms with Crippen LogP contribution in [0.2, 0.25) is 0 Å². The molecule has 1 rings (SSSR count). The molecule has 14 heavy (non-hydrogen) atoms. The highest BCUT2D eigenvalue weighted by atomic mass is 16.3. The first-order chi connectivity index (χ1) is 6.40. The zero-order valence-electron chi connectivity index (χ0n) is 9.66. The fourth-order valence-corrected chi connectivity index (χ4v) is 2.31. The van der Waals surface area contributed by atoms with Crippen molar-refractivity contribution < 1.29 is 5.11 Å². The predicted octanol–water partition coefficient (Wildman–Crippen LogP) is 0.959. The van der Waals surface area contributed by atoms with Crippen molar-refractivity contribution in [2.24, 2.45) is 5.73 Å². The molecule has 3 heteroatoms. The summed E-state index contributed by atoms with van der Waals surface area (Å²) in [6.45, 7) is 7.60. The van der Waals surface area contributed by atoms with Crippen LogP contribution < -0.4 is 5.73 Å². The van der Waals surface area contributed by atoms with Gasteiger partial charge < -0.3 is 10.8 Å². The van der Waals surface area contributed by atoms with Crippen molar-refractivity contribution in [3.05, 3.63) is 0 Å². The van der Waals surface area contributed by atoms with Crippen LogP contribution in [-0.2, 0) is 0 Å². The van der Waals surface area contributed by atoms with E-state index >= 15 is 0 Å². The van der Waals surface area contributed by atoms with Crippen molar-refractivity contribution in [1.82, 2.24) is 4.90 Å². The fourth-order valence-electron chi connectivity index (χ4n) is 2.31. The molecule has 3 N–H and O–H groups in total. The molecule has 0 aromatic rings. The lowest BCUT2D eigenvalue weighted by atomic mass is 9.95. The Morgan fingerprint density at radius 2 is 2.14 bits per heavy atom. The molecule has 0 aromatic heterocycles. The van der Waals surface area contributed by atoms with Crippen LogP contribution in [0.3, 0.4) is 0 Å². The average Bonchev–Trinajstić information content (AvgIpc) is 2.01. The lowest BCUT2D eigenvalue weighted by Crippen LogP contribution is -2.53. The third-order valence-corrected chi connectivity index (χ3v) is 2.86. The highest BCUT2D eigenvalue weighted by Crippen LogP contribution is 2.21. The van der Waals surface area contributed by atoms with Gasteiger partial charge in [0.15, 0.2) is 0 Å². The van der Waals surface area contributed by atoms with Gasteiger partial charge in [0.25, 0.3) is 0 Å². The van der Waals surface area contributed by atoms with Gasteiger partial charge in [0.1, 0.15) is 0 Å². The molecule has 0 aliphatic carbocycles. The minimum atomic E-state index is -0.607. The van der Waals surface area contributed by atoms with Crippen LogP contribution in [0, 0.1) is 0 Å². The normalized spacial score (nSPS) is 27.6. The summed E-state index contributed by atoms with van der Waals surface area (Å²) in [6, 6.07) is 0.660. The molecule has 0 bridgehead atoms. The summed E-state index contributed by atoms with van der Waals surface area (Å²) in [5, 5.41) is 9.79. The first kappa shape index (κ1) is 12.0. The molecule has 84 valence electrons. The number of hydrogen-bond acceptors (Lipinski definition) is 3. The van der Waals surface area contributed by atoms with Gasteiger partial charge in [-0.2, -0.15) is 0 Å².